The Labute approximate surface area is 119 Å². The van der Waals surface area contributed by atoms with Crippen LogP contribution in [0.4, 0.5) is 0 Å². The van der Waals surface area contributed by atoms with Gasteiger partial charge in [0.25, 0.3) is 5.56 Å². The Hall–Kier alpha value is -1.24. The summed E-state index contributed by atoms with van der Waals surface area (Å²) in [5.74, 6) is 0.598. The molecule has 1 heterocycles. The van der Waals surface area contributed by atoms with Crippen LogP contribution in [0.3, 0.4) is 0 Å². The second-order valence-corrected chi connectivity index (χ2v) is 4.66. The van der Waals surface area contributed by atoms with E-state index in [2.05, 4.69) is 15.3 Å². The summed E-state index contributed by atoms with van der Waals surface area (Å²) in [7, 11) is 3.30. The third-order valence-electron chi connectivity index (χ3n) is 3.55. The fourth-order valence-electron chi connectivity index (χ4n) is 2.18. The summed E-state index contributed by atoms with van der Waals surface area (Å²) in [6.45, 7) is 5.93. The van der Waals surface area contributed by atoms with Gasteiger partial charge in [-0.15, -0.1) is 0 Å². The van der Waals surface area contributed by atoms with Crippen molar-refractivity contribution in [3.05, 3.63) is 27.9 Å². The quantitative estimate of drug-likeness (QED) is 0.665. The van der Waals surface area contributed by atoms with Gasteiger partial charge in [-0.1, -0.05) is 13.8 Å². The van der Waals surface area contributed by atoms with E-state index in [9.17, 15) is 4.79 Å². The lowest BCUT2D eigenvalue weighted by molar-refractivity contribution is -0.0295. The fourth-order valence-corrected chi connectivity index (χ4v) is 2.18. The van der Waals surface area contributed by atoms with Crippen molar-refractivity contribution in [3.63, 3.8) is 0 Å². The third-order valence-corrected chi connectivity index (χ3v) is 3.55. The van der Waals surface area contributed by atoms with Crippen LogP contribution in [-0.2, 0) is 21.6 Å². The average molecular weight is 283 g/mol. The highest BCUT2D eigenvalue weighted by Gasteiger charge is 2.31. The number of hydrogen-bond acceptors (Lipinski definition) is 5. The molecule has 0 aliphatic heterocycles. The maximum absolute atomic E-state index is 11.8. The molecule has 20 heavy (non-hydrogen) atoms. The standard InChI is InChI=1S/C14H25N3O3/c1-5-14(6-2,20-4)13-16-11(9-12(18)17-13)10-15-7-8-19-3/h9,15H,5-8,10H2,1-4H3,(H,16,17,18). The molecule has 0 aliphatic rings. The van der Waals surface area contributed by atoms with E-state index < -0.39 is 5.60 Å². The number of aromatic amines is 1. The number of hydrogen-bond donors (Lipinski definition) is 2. The average Bonchev–Trinajstić information content (AvgIpc) is 2.46. The lowest BCUT2D eigenvalue weighted by atomic mass is 9.96. The second-order valence-electron chi connectivity index (χ2n) is 4.66. The number of H-pyrrole nitrogens is 1. The maximum Gasteiger partial charge on any atom is 0.251 e. The normalized spacial score (nSPS) is 11.8. The van der Waals surface area contributed by atoms with E-state index in [1.54, 1.807) is 14.2 Å². The van der Waals surface area contributed by atoms with Gasteiger partial charge in [0.05, 0.1) is 12.3 Å². The van der Waals surface area contributed by atoms with Crippen LogP contribution < -0.4 is 10.9 Å². The van der Waals surface area contributed by atoms with Crippen molar-refractivity contribution < 1.29 is 9.47 Å². The van der Waals surface area contributed by atoms with Gasteiger partial charge in [-0.2, -0.15) is 0 Å². The molecule has 1 aromatic heterocycles. The van der Waals surface area contributed by atoms with Crippen LogP contribution in [0.1, 0.15) is 38.2 Å². The summed E-state index contributed by atoms with van der Waals surface area (Å²) < 4.78 is 10.6. The highest BCUT2D eigenvalue weighted by Crippen LogP contribution is 2.28. The lowest BCUT2D eigenvalue weighted by Crippen LogP contribution is -2.33. The van der Waals surface area contributed by atoms with Gasteiger partial charge in [0, 0.05) is 33.4 Å². The molecule has 114 valence electrons. The van der Waals surface area contributed by atoms with Crippen molar-refractivity contribution in [2.45, 2.75) is 38.8 Å². The fraction of sp³-hybridized carbons (Fsp3) is 0.714. The van der Waals surface area contributed by atoms with E-state index in [1.165, 1.54) is 6.07 Å². The lowest BCUT2D eigenvalue weighted by Gasteiger charge is -2.29. The van der Waals surface area contributed by atoms with Crippen molar-refractivity contribution in [2.75, 3.05) is 27.4 Å². The Kier molecular flexibility index (Phi) is 6.84. The van der Waals surface area contributed by atoms with Gasteiger partial charge in [0.1, 0.15) is 11.4 Å². The van der Waals surface area contributed by atoms with Gasteiger partial charge in [0.15, 0.2) is 0 Å². The van der Waals surface area contributed by atoms with Crippen molar-refractivity contribution in [2.24, 2.45) is 0 Å². The zero-order valence-electron chi connectivity index (χ0n) is 12.8. The van der Waals surface area contributed by atoms with E-state index in [1.807, 2.05) is 13.8 Å². The minimum Gasteiger partial charge on any atom is -0.383 e. The molecule has 0 atom stereocenters. The molecule has 0 aromatic carbocycles. The Balaban J connectivity index is 2.93. The molecule has 0 radical (unpaired) electrons. The molecular weight excluding hydrogens is 258 g/mol. The van der Waals surface area contributed by atoms with Gasteiger partial charge >= 0.3 is 0 Å². The topological polar surface area (TPSA) is 76.2 Å². The number of nitrogens with zero attached hydrogens (tertiary/aromatic N) is 1. The molecule has 0 amide bonds. The van der Waals surface area contributed by atoms with Crippen LogP contribution in [0, 0.1) is 0 Å². The Morgan fingerprint density at radius 1 is 1.35 bits per heavy atom. The van der Waals surface area contributed by atoms with Crippen LogP contribution >= 0.6 is 0 Å². The van der Waals surface area contributed by atoms with E-state index in [0.29, 0.717) is 24.7 Å². The first-order chi connectivity index (χ1) is 9.61. The molecule has 6 nitrogen and oxygen atoms in total. The van der Waals surface area contributed by atoms with Crippen LogP contribution in [0.2, 0.25) is 0 Å². The maximum atomic E-state index is 11.8. The van der Waals surface area contributed by atoms with E-state index in [4.69, 9.17) is 9.47 Å². The minimum absolute atomic E-state index is 0.151. The molecule has 0 saturated heterocycles. The molecule has 0 bridgehead atoms. The largest absolute Gasteiger partial charge is 0.383 e. The molecule has 1 aromatic rings. The first-order valence-corrected chi connectivity index (χ1v) is 6.97. The van der Waals surface area contributed by atoms with Gasteiger partial charge < -0.3 is 19.8 Å². The predicted molar refractivity (Wildman–Crippen MR) is 77.7 cm³/mol. The van der Waals surface area contributed by atoms with Gasteiger partial charge in [-0.05, 0) is 12.8 Å². The molecule has 0 saturated carbocycles. The molecule has 0 unspecified atom stereocenters. The predicted octanol–water partition coefficient (Wildman–Crippen LogP) is 1.17. The summed E-state index contributed by atoms with van der Waals surface area (Å²) in [4.78, 5) is 19.1. The van der Waals surface area contributed by atoms with Crippen molar-refractivity contribution in [1.82, 2.24) is 15.3 Å². The number of nitrogens with one attached hydrogen (secondary N) is 2. The second kappa shape index (κ2) is 8.14. The van der Waals surface area contributed by atoms with Crippen LogP contribution in [0.25, 0.3) is 0 Å². The Morgan fingerprint density at radius 2 is 2.05 bits per heavy atom. The van der Waals surface area contributed by atoms with Crippen molar-refractivity contribution in [1.29, 1.82) is 0 Å². The molecule has 0 spiro atoms. The molecule has 2 N–H and O–H groups in total. The van der Waals surface area contributed by atoms with Gasteiger partial charge in [-0.25, -0.2) is 4.98 Å². The molecule has 1 rings (SSSR count). The molecule has 6 heteroatoms. The third kappa shape index (κ3) is 4.13. The zero-order chi connectivity index (χ0) is 15.0. The van der Waals surface area contributed by atoms with E-state index in [0.717, 1.165) is 19.4 Å². The van der Waals surface area contributed by atoms with E-state index in [-0.39, 0.29) is 5.56 Å². The summed E-state index contributed by atoms with van der Waals surface area (Å²) in [6.07, 6.45) is 1.51. The highest BCUT2D eigenvalue weighted by atomic mass is 16.5. The number of rotatable bonds is 9. The first kappa shape index (κ1) is 16.8. The Bertz CT molecular complexity index is 447. The zero-order valence-corrected chi connectivity index (χ0v) is 12.8. The van der Waals surface area contributed by atoms with Gasteiger partial charge in [-0.3, -0.25) is 4.79 Å². The van der Waals surface area contributed by atoms with Gasteiger partial charge in [0.2, 0.25) is 0 Å². The Morgan fingerprint density at radius 3 is 2.60 bits per heavy atom. The highest BCUT2D eigenvalue weighted by molar-refractivity contribution is 5.09. The SMILES string of the molecule is CCC(CC)(OC)c1nc(CNCCOC)cc(=O)[nH]1. The summed E-state index contributed by atoms with van der Waals surface area (Å²) >= 11 is 0. The molecule has 0 aliphatic carbocycles. The van der Waals surface area contributed by atoms with E-state index >= 15 is 0 Å². The smallest absolute Gasteiger partial charge is 0.251 e. The number of ether oxygens (including phenoxy) is 2. The van der Waals surface area contributed by atoms with Crippen LogP contribution in [0.15, 0.2) is 10.9 Å². The summed E-state index contributed by atoms with van der Waals surface area (Å²) in [5.41, 5.74) is 0.0341. The van der Waals surface area contributed by atoms with Crippen molar-refractivity contribution in [3.8, 4) is 0 Å². The summed E-state index contributed by atoms with van der Waals surface area (Å²) in [5, 5.41) is 3.18. The van der Waals surface area contributed by atoms with Crippen LogP contribution in [0.5, 0.6) is 0 Å². The number of methoxy groups -OCH3 is 2. The molecule has 0 fully saturated rings. The first-order valence-electron chi connectivity index (χ1n) is 6.97. The molecular formula is C14H25N3O3. The minimum atomic E-state index is -0.526. The summed E-state index contributed by atoms with van der Waals surface area (Å²) in [6, 6.07) is 1.51. The monoisotopic (exact) mass is 283 g/mol. The van der Waals surface area contributed by atoms with Crippen LogP contribution in [-0.4, -0.2) is 37.3 Å². The number of aromatic nitrogens is 2. The van der Waals surface area contributed by atoms with Crippen molar-refractivity contribution >= 4 is 0 Å².